The summed E-state index contributed by atoms with van der Waals surface area (Å²) in [6.07, 6.45) is 0.736. The van der Waals surface area contributed by atoms with Crippen molar-refractivity contribution in [3.05, 3.63) is 105 Å². The first-order valence-corrected chi connectivity index (χ1v) is 12.3. The molecule has 4 aromatic rings. The van der Waals surface area contributed by atoms with Gasteiger partial charge in [-0.15, -0.1) is 0 Å². The molecule has 0 bridgehead atoms. The Hall–Kier alpha value is -3.32. The standard InChI is InChI=1S/C27H22Cl3N3O3/c1-16-24(26(34)31-22(27(35)36)13-7-17-5-3-2-4-6-17)32-33(23-14-12-20(29)15-21(23)30)25(16)18-8-10-19(28)11-9-18/h2-6,8-12,14-15,22H,7,13H2,1H3,(H,31,34)(H,35,36). The van der Waals surface area contributed by atoms with Gasteiger partial charge < -0.3 is 10.4 Å². The Morgan fingerprint density at radius 2 is 1.64 bits per heavy atom. The van der Waals surface area contributed by atoms with Crippen LogP contribution in [-0.4, -0.2) is 32.8 Å². The second kappa shape index (κ2) is 11.2. The summed E-state index contributed by atoms with van der Waals surface area (Å²) in [6.45, 7) is 1.76. The molecule has 6 nitrogen and oxygen atoms in total. The van der Waals surface area contributed by atoms with Gasteiger partial charge in [-0.2, -0.15) is 5.10 Å². The number of halogens is 3. The number of nitrogens with zero attached hydrogens (tertiary/aromatic N) is 2. The van der Waals surface area contributed by atoms with Crippen LogP contribution in [0.25, 0.3) is 16.9 Å². The number of hydrogen-bond donors (Lipinski definition) is 2. The first-order valence-electron chi connectivity index (χ1n) is 11.1. The van der Waals surface area contributed by atoms with Crippen LogP contribution in [0.4, 0.5) is 0 Å². The van der Waals surface area contributed by atoms with Crippen LogP contribution in [0.3, 0.4) is 0 Å². The van der Waals surface area contributed by atoms with Crippen molar-refractivity contribution in [1.29, 1.82) is 0 Å². The zero-order valence-corrected chi connectivity index (χ0v) is 21.5. The molecule has 1 unspecified atom stereocenters. The molecule has 1 heterocycles. The van der Waals surface area contributed by atoms with Crippen LogP contribution in [0.5, 0.6) is 0 Å². The molecule has 0 aliphatic heterocycles. The monoisotopic (exact) mass is 541 g/mol. The Labute approximate surface area is 223 Å². The number of aliphatic carboxylic acids is 1. The van der Waals surface area contributed by atoms with Gasteiger partial charge in [-0.05, 0) is 55.7 Å². The number of carbonyl (C=O) groups excluding carboxylic acids is 1. The Bertz CT molecular complexity index is 1400. The maximum atomic E-state index is 13.3. The Morgan fingerprint density at radius 1 is 0.972 bits per heavy atom. The summed E-state index contributed by atoms with van der Waals surface area (Å²) in [5.41, 5.74) is 3.54. The van der Waals surface area contributed by atoms with E-state index in [9.17, 15) is 14.7 Å². The maximum absolute atomic E-state index is 13.3. The van der Waals surface area contributed by atoms with Gasteiger partial charge in [0.05, 0.1) is 16.4 Å². The number of rotatable bonds is 8. The van der Waals surface area contributed by atoms with Crippen LogP contribution in [0.2, 0.25) is 15.1 Å². The summed E-state index contributed by atoms with van der Waals surface area (Å²) in [7, 11) is 0. The second-order valence-electron chi connectivity index (χ2n) is 8.23. The van der Waals surface area contributed by atoms with Crippen molar-refractivity contribution in [3.8, 4) is 16.9 Å². The minimum absolute atomic E-state index is 0.0944. The number of aromatic nitrogens is 2. The first kappa shape index (κ1) is 25.8. The lowest BCUT2D eigenvalue weighted by Crippen LogP contribution is -2.41. The SMILES string of the molecule is Cc1c(C(=O)NC(CCc2ccccc2)C(=O)O)nn(-c2ccc(Cl)cc2Cl)c1-c1ccc(Cl)cc1. The lowest BCUT2D eigenvalue weighted by Gasteiger charge is -2.14. The van der Waals surface area contributed by atoms with Gasteiger partial charge in [-0.25, -0.2) is 9.48 Å². The summed E-state index contributed by atoms with van der Waals surface area (Å²) in [6, 6.07) is 20.5. The molecule has 3 aromatic carbocycles. The van der Waals surface area contributed by atoms with Gasteiger partial charge in [0.15, 0.2) is 5.69 Å². The van der Waals surface area contributed by atoms with E-state index < -0.39 is 17.9 Å². The highest BCUT2D eigenvalue weighted by Crippen LogP contribution is 2.33. The summed E-state index contributed by atoms with van der Waals surface area (Å²) in [5, 5.41) is 18.3. The molecule has 0 radical (unpaired) electrons. The first-order chi connectivity index (χ1) is 17.2. The average Bonchev–Trinajstić information content (AvgIpc) is 3.19. The molecule has 184 valence electrons. The van der Waals surface area contributed by atoms with E-state index in [1.54, 1.807) is 41.9 Å². The molecule has 0 saturated heterocycles. The maximum Gasteiger partial charge on any atom is 0.326 e. The predicted octanol–water partition coefficient (Wildman–Crippen LogP) is 6.62. The van der Waals surface area contributed by atoms with E-state index in [4.69, 9.17) is 34.8 Å². The highest BCUT2D eigenvalue weighted by Gasteiger charge is 2.27. The molecule has 1 aromatic heterocycles. The van der Waals surface area contributed by atoms with Gasteiger partial charge in [0.25, 0.3) is 5.91 Å². The number of carboxylic acids is 1. The number of nitrogens with one attached hydrogen (secondary N) is 1. The zero-order chi connectivity index (χ0) is 25.8. The number of amides is 1. The average molecular weight is 543 g/mol. The topological polar surface area (TPSA) is 84.2 Å². The molecule has 4 rings (SSSR count). The van der Waals surface area contributed by atoms with Crippen LogP contribution in [0.15, 0.2) is 72.8 Å². The third-order valence-corrected chi connectivity index (χ3v) is 6.55. The van der Waals surface area contributed by atoms with E-state index in [0.29, 0.717) is 38.4 Å². The molecule has 36 heavy (non-hydrogen) atoms. The van der Waals surface area contributed by atoms with Gasteiger partial charge in [0, 0.05) is 21.2 Å². The van der Waals surface area contributed by atoms with E-state index in [1.165, 1.54) is 0 Å². The van der Waals surface area contributed by atoms with Crippen molar-refractivity contribution >= 4 is 46.7 Å². The van der Waals surface area contributed by atoms with Crippen LogP contribution >= 0.6 is 34.8 Å². The van der Waals surface area contributed by atoms with Crippen molar-refractivity contribution in [2.24, 2.45) is 0 Å². The zero-order valence-electron chi connectivity index (χ0n) is 19.2. The van der Waals surface area contributed by atoms with Gasteiger partial charge in [0.2, 0.25) is 0 Å². The summed E-state index contributed by atoms with van der Waals surface area (Å²) in [5.74, 6) is -1.71. The fourth-order valence-corrected chi connectivity index (χ4v) is 4.54. The molecule has 0 aliphatic carbocycles. The summed E-state index contributed by atoms with van der Waals surface area (Å²) < 4.78 is 1.56. The number of carbonyl (C=O) groups is 2. The second-order valence-corrected chi connectivity index (χ2v) is 9.51. The fourth-order valence-electron chi connectivity index (χ4n) is 3.93. The Balaban J connectivity index is 1.70. The Kier molecular flexibility index (Phi) is 7.99. The van der Waals surface area contributed by atoms with Gasteiger partial charge in [0.1, 0.15) is 6.04 Å². The molecule has 0 aliphatic rings. The molecular formula is C27H22Cl3N3O3. The molecule has 1 atom stereocenters. The lowest BCUT2D eigenvalue weighted by molar-refractivity contribution is -0.139. The van der Waals surface area contributed by atoms with E-state index >= 15 is 0 Å². The van der Waals surface area contributed by atoms with Crippen molar-refractivity contribution in [3.63, 3.8) is 0 Å². The largest absolute Gasteiger partial charge is 0.480 e. The third-order valence-electron chi connectivity index (χ3n) is 5.76. The van der Waals surface area contributed by atoms with Crippen molar-refractivity contribution in [1.82, 2.24) is 15.1 Å². The number of aryl methyl sites for hydroxylation is 1. The summed E-state index contributed by atoms with van der Waals surface area (Å²) in [4.78, 5) is 25.2. The van der Waals surface area contributed by atoms with Gasteiger partial charge in [-0.3, -0.25) is 4.79 Å². The highest BCUT2D eigenvalue weighted by atomic mass is 35.5. The fraction of sp³-hybridized carbons (Fsp3) is 0.148. The Morgan fingerprint density at radius 3 is 2.28 bits per heavy atom. The van der Waals surface area contributed by atoms with Crippen molar-refractivity contribution < 1.29 is 14.7 Å². The van der Waals surface area contributed by atoms with Crippen LogP contribution < -0.4 is 5.32 Å². The summed E-state index contributed by atoms with van der Waals surface area (Å²) >= 11 is 18.6. The number of benzene rings is 3. The normalized spacial score (nSPS) is 11.8. The molecule has 9 heteroatoms. The molecule has 1 amide bonds. The molecule has 0 saturated carbocycles. The van der Waals surface area contributed by atoms with E-state index in [2.05, 4.69) is 10.4 Å². The van der Waals surface area contributed by atoms with Gasteiger partial charge >= 0.3 is 5.97 Å². The van der Waals surface area contributed by atoms with E-state index in [0.717, 1.165) is 11.1 Å². The van der Waals surface area contributed by atoms with Crippen LogP contribution in [0, 0.1) is 6.92 Å². The number of carboxylic acid groups (broad SMARTS) is 1. The van der Waals surface area contributed by atoms with E-state index in [1.807, 2.05) is 42.5 Å². The van der Waals surface area contributed by atoms with E-state index in [-0.39, 0.29) is 12.1 Å². The third kappa shape index (κ3) is 5.73. The lowest BCUT2D eigenvalue weighted by atomic mass is 10.0. The highest BCUT2D eigenvalue weighted by molar-refractivity contribution is 6.35. The molecular weight excluding hydrogens is 521 g/mol. The minimum atomic E-state index is -1.12. The van der Waals surface area contributed by atoms with Crippen molar-refractivity contribution in [2.45, 2.75) is 25.8 Å². The smallest absolute Gasteiger partial charge is 0.326 e. The quantitative estimate of drug-likeness (QED) is 0.262. The van der Waals surface area contributed by atoms with Crippen LogP contribution in [-0.2, 0) is 11.2 Å². The van der Waals surface area contributed by atoms with Crippen molar-refractivity contribution in [2.75, 3.05) is 0 Å². The van der Waals surface area contributed by atoms with Crippen LogP contribution in [0.1, 0.15) is 28.0 Å². The molecule has 0 spiro atoms. The number of hydrogen-bond acceptors (Lipinski definition) is 3. The molecule has 0 fully saturated rings. The van der Waals surface area contributed by atoms with Gasteiger partial charge in [-0.1, -0.05) is 77.3 Å². The molecule has 2 N–H and O–H groups in total. The minimum Gasteiger partial charge on any atom is -0.480 e. The predicted molar refractivity (Wildman–Crippen MR) is 142 cm³/mol.